The van der Waals surface area contributed by atoms with Gasteiger partial charge in [-0.3, -0.25) is 4.79 Å². The van der Waals surface area contributed by atoms with Gasteiger partial charge >= 0.3 is 0 Å². The maximum absolute atomic E-state index is 11.8. The number of ketones is 1. The molecule has 0 saturated carbocycles. The van der Waals surface area contributed by atoms with Gasteiger partial charge in [0.25, 0.3) is 0 Å². The first-order valence-electron chi connectivity index (χ1n) is 5.46. The fourth-order valence-corrected chi connectivity index (χ4v) is 1.47. The largest absolute Gasteiger partial charge is 0.497 e. The van der Waals surface area contributed by atoms with Crippen LogP contribution in [0.3, 0.4) is 0 Å². The van der Waals surface area contributed by atoms with Gasteiger partial charge in [0, 0.05) is 6.42 Å². The Balaban J connectivity index is 2.69. The van der Waals surface area contributed by atoms with Gasteiger partial charge in [-0.2, -0.15) is 0 Å². The normalized spacial score (nSPS) is 12.6. The van der Waals surface area contributed by atoms with Crippen LogP contribution in [0.25, 0.3) is 0 Å². The second kappa shape index (κ2) is 5.66. The second-order valence-corrected chi connectivity index (χ2v) is 4.26. The molecule has 2 N–H and O–H groups in total. The first kappa shape index (κ1) is 12.7. The van der Waals surface area contributed by atoms with Crippen molar-refractivity contribution in [3.63, 3.8) is 0 Å². The van der Waals surface area contributed by atoms with E-state index in [2.05, 4.69) is 0 Å². The fraction of sp³-hybridized carbons (Fsp3) is 0.462. The lowest BCUT2D eigenvalue weighted by atomic mass is 9.96. The molecule has 1 unspecified atom stereocenters. The zero-order chi connectivity index (χ0) is 12.1. The number of rotatable bonds is 5. The highest BCUT2D eigenvalue weighted by atomic mass is 16.5. The summed E-state index contributed by atoms with van der Waals surface area (Å²) in [6, 6.07) is 7.13. The molecule has 0 saturated heterocycles. The van der Waals surface area contributed by atoms with Crippen molar-refractivity contribution in [3.05, 3.63) is 29.8 Å². The predicted octanol–water partition coefficient (Wildman–Crippen LogP) is 1.79. The summed E-state index contributed by atoms with van der Waals surface area (Å²) in [6.45, 7) is 3.91. The maximum Gasteiger partial charge on any atom is 0.154 e. The number of ether oxygens (including phenoxy) is 1. The van der Waals surface area contributed by atoms with Crippen molar-refractivity contribution in [2.24, 2.45) is 11.7 Å². The molecule has 1 aromatic rings. The van der Waals surface area contributed by atoms with Crippen molar-refractivity contribution >= 4 is 5.78 Å². The smallest absolute Gasteiger partial charge is 0.154 e. The molecule has 0 heterocycles. The van der Waals surface area contributed by atoms with Crippen molar-refractivity contribution in [2.75, 3.05) is 7.11 Å². The Hall–Kier alpha value is -1.35. The van der Waals surface area contributed by atoms with Crippen LogP contribution >= 0.6 is 0 Å². The van der Waals surface area contributed by atoms with Gasteiger partial charge in [-0.25, -0.2) is 0 Å². The summed E-state index contributed by atoms with van der Waals surface area (Å²) in [4.78, 5) is 11.8. The summed E-state index contributed by atoms with van der Waals surface area (Å²) in [7, 11) is 1.61. The van der Waals surface area contributed by atoms with E-state index in [0.29, 0.717) is 6.42 Å². The van der Waals surface area contributed by atoms with Crippen LogP contribution in [-0.2, 0) is 11.2 Å². The molecule has 1 aromatic carbocycles. The van der Waals surface area contributed by atoms with E-state index in [0.717, 1.165) is 11.3 Å². The molecule has 1 rings (SSSR count). The molecule has 3 heteroatoms. The predicted molar refractivity (Wildman–Crippen MR) is 64.5 cm³/mol. The minimum atomic E-state index is -0.383. The van der Waals surface area contributed by atoms with Gasteiger partial charge < -0.3 is 10.5 Å². The van der Waals surface area contributed by atoms with Crippen molar-refractivity contribution < 1.29 is 9.53 Å². The Morgan fingerprint density at radius 1 is 1.44 bits per heavy atom. The van der Waals surface area contributed by atoms with Crippen molar-refractivity contribution in [2.45, 2.75) is 26.3 Å². The molecule has 0 aliphatic heterocycles. The van der Waals surface area contributed by atoms with E-state index in [4.69, 9.17) is 10.5 Å². The van der Waals surface area contributed by atoms with Gasteiger partial charge in [-0.15, -0.1) is 0 Å². The number of carbonyl (C=O) groups excluding carboxylic acids is 1. The molecule has 0 spiro atoms. The molecule has 16 heavy (non-hydrogen) atoms. The maximum atomic E-state index is 11.8. The van der Waals surface area contributed by atoms with Crippen molar-refractivity contribution in [1.82, 2.24) is 0 Å². The standard InChI is InChI=1S/C13H19NO2/c1-9(2)13(14)12(15)8-10-5-4-6-11(7-10)16-3/h4-7,9,13H,8,14H2,1-3H3. The highest BCUT2D eigenvalue weighted by molar-refractivity contribution is 5.86. The molecule has 3 nitrogen and oxygen atoms in total. The topological polar surface area (TPSA) is 52.3 Å². The Morgan fingerprint density at radius 2 is 2.12 bits per heavy atom. The number of hydrogen-bond donors (Lipinski definition) is 1. The third-order valence-electron chi connectivity index (χ3n) is 2.60. The van der Waals surface area contributed by atoms with Crippen LogP contribution in [0.4, 0.5) is 0 Å². The molecule has 0 aliphatic carbocycles. The molecular weight excluding hydrogens is 202 g/mol. The number of carbonyl (C=O) groups is 1. The van der Waals surface area contributed by atoms with Crippen LogP contribution in [0.2, 0.25) is 0 Å². The SMILES string of the molecule is COc1cccc(CC(=O)C(N)C(C)C)c1. The van der Waals surface area contributed by atoms with Gasteiger partial charge in [0.15, 0.2) is 5.78 Å². The number of nitrogens with two attached hydrogens (primary N) is 1. The summed E-state index contributed by atoms with van der Waals surface area (Å²) in [5.74, 6) is 1.02. The number of hydrogen-bond acceptors (Lipinski definition) is 3. The van der Waals surface area contributed by atoms with E-state index in [1.165, 1.54) is 0 Å². The van der Waals surface area contributed by atoms with E-state index in [1.807, 2.05) is 38.1 Å². The summed E-state index contributed by atoms with van der Waals surface area (Å²) in [5.41, 5.74) is 6.74. The Labute approximate surface area is 96.6 Å². The van der Waals surface area contributed by atoms with Crippen molar-refractivity contribution in [1.29, 1.82) is 0 Å². The lowest BCUT2D eigenvalue weighted by molar-refractivity contribution is -0.120. The molecule has 0 aromatic heterocycles. The zero-order valence-electron chi connectivity index (χ0n) is 10.1. The van der Waals surface area contributed by atoms with Crippen LogP contribution in [0.1, 0.15) is 19.4 Å². The molecular formula is C13H19NO2. The number of methoxy groups -OCH3 is 1. The van der Waals surface area contributed by atoms with Gasteiger partial charge in [0.05, 0.1) is 13.2 Å². The van der Waals surface area contributed by atoms with Gasteiger partial charge in [-0.05, 0) is 23.6 Å². The van der Waals surface area contributed by atoms with E-state index in [1.54, 1.807) is 7.11 Å². The van der Waals surface area contributed by atoms with Gasteiger partial charge in [0.2, 0.25) is 0 Å². The van der Waals surface area contributed by atoms with Crippen LogP contribution in [0.5, 0.6) is 5.75 Å². The average molecular weight is 221 g/mol. The molecule has 1 atom stereocenters. The van der Waals surface area contributed by atoms with Crippen LogP contribution in [-0.4, -0.2) is 18.9 Å². The van der Waals surface area contributed by atoms with E-state index < -0.39 is 0 Å². The Kier molecular flexibility index (Phi) is 4.50. The molecule has 0 aliphatic rings. The average Bonchev–Trinajstić information content (AvgIpc) is 2.28. The highest BCUT2D eigenvalue weighted by Crippen LogP contribution is 2.14. The molecule has 0 fully saturated rings. The fourth-order valence-electron chi connectivity index (χ4n) is 1.47. The first-order chi connectivity index (χ1) is 7.54. The van der Waals surface area contributed by atoms with Crippen LogP contribution in [0, 0.1) is 5.92 Å². The second-order valence-electron chi connectivity index (χ2n) is 4.26. The minimum Gasteiger partial charge on any atom is -0.497 e. The number of Topliss-reactive ketones (excluding diaryl/α,β-unsaturated/α-hetero) is 1. The molecule has 0 bridgehead atoms. The summed E-state index contributed by atoms with van der Waals surface area (Å²) in [5, 5.41) is 0. The molecule has 88 valence electrons. The third kappa shape index (κ3) is 3.35. The van der Waals surface area contributed by atoms with Crippen molar-refractivity contribution in [3.8, 4) is 5.75 Å². The molecule has 0 amide bonds. The molecule has 0 radical (unpaired) electrons. The van der Waals surface area contributed by atoms with E-state index in [-0.39, 0.29) is 17.7 Å². The number of benzene rings is 1. The first-order valence-corrected chi connectivity index (χ1v) is 5.46. The van der Waals surface area contributed by atoms with Gasteiger partial charge in [-0.1, -0.05) is 26.0 Å². The Bertz CT molecular complexity index is 361. The van der Waals surface area contributed by atoms with E-state index in [9.17, 15) is 4.79 Å². The summed E-state index contributed by atoms with van der Waals surface area (Å²) < 4.78 is 5.10. The highest BCUT2D eigenvalue weighted by Gasteiger charge is 2.17. The lowest BCUT2D eigenvalue weighted by Gasteiger charge is -2.14. The zero-order valence-corrected chi connectivity index (χ0v) is 10.1. The summed E-state index contributed by atoms with van der Waals surface area (Å²) >= 11 is 0. The van der Waals surface area contributed by atoms with Crippen LogP contribution < -0.4 is 10.5 Å². The quantitative estimate of drug-likeness (QED) is 0.824. The summed E-state index contributed by atoms with van der Waals surface area (Å²) in [6.07, 6.45) is 0.372. The van der Waals surface area contributed by atoms with E-state index >= 15 is 0 Å². The Morgan fingerprint density at radius 3 is 2.69 bits per heavy atom. The van der Waals surface area contributed by atoms with Gasteiger partial charge in [0.1, 0.15) is 5.75 Å². The lowest BCUT2D eigenvalue weighted by Crippen LogP contribution is -2.36. The third-order valence-corrected chi connectivity index (χ3v) is 2.60. The monoisotopic (exact) mass is 221 g/mol. The minimum absolute atomic E-state index is 0.0725. The van der Waals surface area contributed by atoms with Crippen LogP contribution in [0.15, 0.2) is 24.3 Å².